The summed E-state index contributed by atoms with van der Waals surface area (Å²) in [5.41, 5.74) is -0.246. The smallest absolute Gasteiger partial charge is 0.273 e. The third-order valence-corrected chi connectivity index (χ3v) is 8.79. The fraction of sp³-hybridized carbons (Fsp3) is 0.333. The number of carbonyl (C=O) groups is 2. The van der Waals surface area contributed by atoms with Crippen LogP contribution in [0.3, 0.4) is 0 Å². The zero-order valence-corrected chi connectivity index (χ0v) is 27.5. The first-order valence-corrected chi connectivity index (χ1v) is 15.6. The average molecular weight is 666 g/mol. The molecular formula is C30H34Cl2N4O7S. The van der Waals surface area contributed by atoms with Crippen molar-refractivity contribution in [3.8, 4) is 5.75 Å². The largest absolute Gasteiger partial charge is 0.495 e. The second-order valence-electron chi connectivity index (χ2n) is 11.1. The number of nitrogens with one attached hydrogen (secondary N) is 1. The molecule has 0 fully saturated rings. The maximum Gasteiger partial charge on any atom is 0.273 e. The zero-order valence-electron chi connectivity index (χ0n) is 25.1. The van der Waals surface area contributed by atoms with E-state index in [-0.39, 0.29) is 28.6 Å². The Morgan fingerprint density at radius 1 is 1.05 bits per heavy atom. The summed E-state index contributed by atoms with van der Waals surface area (Å²) in [6, 6.07) is 13.4. The summed E-state index contributed by atoms with van der Waals surface area (Å²) in [6.45, 7) is 7.52. The molecule has 2 amide bonds. The quantitative estimate of drug-likeness (QED) is 0.203. The number of rotatable bonds is 11. The lowest BCUT2D eigenvalue weighted by atomic mass is 10.1. The molecule has 1 atom stereocenters. The van der Waals surface area contributed by atoms with Crippen LogP contribution in [0.4, 0.5) is 11.4 Å². The highest BCUT2D eigenvalue weighted by Gasteiger charge is 2.35. The van der Waals surface area contributed by atoms with Crippen LogP contribution in [0, 0.1) is 17.0 Å². The van der Waals surface area contributed by atoms with Crippen molar-refractivity contribution in [2.45, 2.75) is 57.6 Å². The summed E-state index contributed by atoms with van der Waals surface area (Å²) < 4.78 is 34.6. The van der Waals surface area contributed by atoms with Gasteiger partial charge in [0.05, 0.1) is 22.6 Å². The predicted octanol–water partition coefficient (Wildman–Crippen LogP) is 5.75. The zero-order chi connectivity index (χ0) is 33.0. The van der Waals surface area contributed by atoms with Crippen molar-refractivity contribution in [2.24, 2.45) is 0 Å². The first kappa shape index (κ1) is 34.6. The van der Waals surface area contributed by atoms with E-state index < -0.39 is 55.5 Å². The highest BCUT2D eigenvalue weighted by Crippen LogP contribution is 2.36. The number of benzene rings is 3. The Hall–Kier alpha value is -3.87. The third-order valence-electron chi connectivity index (χ3n) is 6.56. The van der Waals surface area contributed by atoms with E-state index in [0.29, 0.717) is 10.6 Å². The van der Waals surface area contributed by atoms with Gasteiger partial charge in [-0.25, -0.2) is 8.42 Å². The number of aryl methyl sites for hydroxylation is 1. The van der Waals surface area contributed by atoms with E-state index in [0.717, 1.165) is 10.4 Å². The van der Waals surface area contributed by atoms with Crippen LogP contribution in [0.5, 0.6) is 5.75 Å². The van der Waals surface area contributed by atoms with Crippen LogP contribution >= 0.6 is 23.2 Å². The number of nitro benzene ring substituents is 1. The summed E-state index contributed by atoms with van der Waals surface area (Å²) in [4.78, 5) is 39.2. The van der Waals surface area contributed by atoms with Crippen LogP contribution in [0.25, 0.3) is 0 Å². The van der Waals surface area contributed by atoms with Crippen LogP contribution in [-0.2, 0) is 26.2 Å². The number of amides is 2. The summed E-state index contributed by atoms with van der Waals surface area (Å²) >= 11 is 12.4. The number of nitrogens with zero attached hydrogens (tertiary/aromatic N) is 3. The van der Waals surface area contributed by atoms with Gasteiger partial charge in [-0.05, 0) is 76.6 Å². The van der Waals surface area contributed by atoms with Crippen molar-refractivity contribution < 1.29 is 27.7 Å². The number of anilines is 1. The Morgan fingerprint density at radius 2 is 1.70 bits per heavy atom. The van der Waals surface area contributed by atoms with E-state index in [9.17, 15) is 28.1 Å². The second-order valence-corrected chi connectivity index (χ2v) is 13.8. The van der Waals surface area contributed by atoms with E-state index in [1.807, 2.05) is 0 Å². The number of ether oxygens (including phenoxy) is 1. The highest BCUT2D eigenvalue weighted by atomic mass is 35.5. The van der Waals surface area contributed by atoms with E-state index in [1.54, 1.807) is 45.0 Å². The van der Waals surface area contributed by atoms with Gasteiger partial charge in [-0.3, -0.25) is 24.0 Å². The lowest BCUT2D eigenvalue weighted by molar-refractivity contribution is -0.385. The number of sulfonamides is 1. The van der Waals surface area contributed by atoms with Crippen LogP contribution in [-0.4, -0.2) is 55.3 Å². The molecule has 236 valence electrons. The SMILES string of the molecule is COc1ccc(Cl)cc1N(CC(=O)N(Cc1cccc(Cl)c1)[C@H](C)C(=O)NC(C)(C)C)S(=O)(=O)c1ccc(C)c([N+](=O)[O-])c1. The first-order valence-electron chi connectivity index (χ1n) is 13.4. The molecule has 0 saturated heterocycles. The number of carbonyl (C=O) groups excluding carboxylic acids is 2. The summed E-state index contributed by atoms with van der Waals surface area (Å²) in [7, 11) is -3.32. The molecule has 14 heteroatoms. The molecular weight excluding hydrogens is 631 g/mol. The third kappa shape index (κ3) is 8.40. The molecule has 0 spiro atoms. The molecule has 3 rings (SSSR count). The van der Waals surface area contributed by atoms with Gasteiger partial charge in [0.2, 0.25) is 11.8 Å². The van der Waals surface area contributed by atoms with Crippen molar-refractivity contribution in [3.63, 3.8) is 0 Å². The van der Waals surface area contributed by atoms with Crippen LogP contribution < -0.4 is 14.4 Å². The Labute approximate surface area is 266 Å². The van der Waals surface area contributed by atoms with Crippen molar-refractivity contribution >= 4 is 56.4 Å². The predicted molar refractivity (Wildman–Crippen MR) is 170 cm³/mol. The average Bonchev–Trinajstić information content (AvgIpc) is 2.93. The number of nitro groups is 1. The molecule has 0 aliphatic carbocycles. The molecule has 0 aromatic heterocycles. The fourth-order valence-corrected chi connectivity index (χ4v) is 6.15. The number of hydrogen-bond acceptors (Lipinski definition) is 7. The second kappa shape index (κ2) is 13.8. The Balaban J connectivity index is 2.17. The molecule has 3 aromatic carbocycles. The molecule has 0 aliphatic rings. The minimum absolute atomic E-state index is 0.0747. The van der Waals surface area contributed by atoms with Gasteiger partial charge in [0.1, 0.15) is 18.3 Å². The first-order chi connectivity index (χ1) is 20.4. The van der Waals surface area contributed by atoms with Gasteiger partial charge in [0, 0.05) is 33.8 Å². The molecule has 3 aromatic rings. The maximum absolute atomic E-state index is 14.2. The molecule has 1 N–H and O–H groups in total. The van der Waals surface area contributed by atoms with Crippen molar-refractivity contribution in [3.05, 3.63) is 92.0 Å². The topological polar surface area (TPSA) is 139 Å². The summed E-state index contributed by atoms with van der Waals surface area (Å²) in [6.07, 6.45) is 0. The molecule has 11 nitrogen and oxygen atoms in total. The Bertz CT molecular complexity index is 1680. The van der Waals surface area contributed by atoms with Gasteiger partial charge in [0.15, 0.2) is 0 Å². The maximum atomic E-state index is 14.2. The Kier molecular flexibility index (Phi) is 10.9. The molecule has 44 heavy (non-hydrogen) atoms. The van der Waals surface area contributed by atoms with Crippen molar-refractivity contribution in [2.75, 3.05) is 18.0 Å². The van der Waals surface area contributed by atoms with Crippen LogP contribution in [0.15, 0.2) is 65.6 Å². The van der Waals surface area contributed by atoms with E-state index in [2.05, 4.69) is 5.32 Å². The van der Waals surface area contributed by atoms with Gasteiger partial charge < -0.3 is 15.0 Å². The molecule has 0 unspecified atom stereocenters. The normalized spacial score (nSPS) is 12.3. The molecule has 0 bridgehead atoms. The Morgan fingerprint density at radius 3 is 2.30 bits per heavy atom. The van der Waals surface area contributed by atoms with E-state index in [4.69, 9.17) is 27.9 Å². The molecule has 0 radical (unpaired) electrons. The van der Waals surface area contributed by atoms with Gasteiger partial charge >= 0.3 is 0 Å². The summed E-state index contributed by atoms with van der Waals surface area (Å²) in [5, 5.41) is 15.1. The highest BCUT2D eigenvalue weighted by molar-refractivity contribution is 7.92. The number of hydrogen-bond donors (Lipinski definition) is 1. The number of methoxy groups -OCH3 is 1. The van der Waals surface area contributed by atoms with Crippen molar-refractivity contribution in [1.82, 2.24) is 10.2 Å². The lowest BCUT2D eigenvalue weighted by Crippen LogP contribution is -2.54. The monoisotopic (exact) mass is 664 g/mol. The number of halogens is 2. The van der Waals surface area contributed by atoms with Crippen LogP contribution in [0.1, 0.15) is 38.8 Å². The van der Waals surface area contributed by atoms with Crippen LogP contribution in [0.2, 0.25) is 10.0 Å². The molecule has 0 saturated carbocycles. The van der Waals surface area contributed by atoms with Gasteiger partial charge in [-0.2, -0.15) is 0 Å². The summed E-state index contributed by atoms with van der Waals surface area (Å²) in [5.74, 6) is -1.13. The molecule has 0 aliphatic heterocycles. The van der Waals surface area contributed by atoms with Gasteiger partial charge in [0.25, 0.3) is 15.7 Å². The lowest BCUT2D eigenvalue weighted by Gasteiger charge is -2.33. The molecule has 0 heterocycles. The standard InChI is InChI=1S/C30H34Cl2N4O7S/c1-19-10-12-24(16-25(19)36(39)40)44(41,42)35(26-15-23(32)11-13-27(26)43-6)18-28(37)34(17-21-8-7-9-22(31)14-21)20(2)29(38)33-30(3,4)5/h7-16,20H,17-18H2,1-6H3,(H,33,38)/t20-/m1/s1. The van der Waals surface area contributed by atoms with E-state index >= 15 is 0 Å². The van der Waals surface area contributed by atoms with Crippen molar-refractivity contribution in [1.29, 1.82) is 0 Å². The van der Waals surface area contributed by atoms with E-state index in [1.165, 1.54) is 56.2 Å². The fourth-order valence-electron chi connectivity index (χ4n) is 4.33. The van der Waals surface area contributed by atoms with Gasteiger partial charge in [-0.1, -0.05) is 41.4 Å². The minimum Gasteiger partial charge on any atom is -0.495 e. The minimum atomic E-state index is -4.64. The van der Waals surface area contributed by atoms with Gasteiger partial charge in [-0.15, -0.1) is 0 Å².